The third kappa shape index (κ3) is 3.48. The van der Waals surface area contributed by atoms with Crippen molar-refractivity contribution in [2.75, 3.05) is 13.1 Å². The third-order valence-electron chi connectivity index (χ3n) is 6.25. The number of benzene rings is 2. The van der Waals surface area contributed by atoms with E-state index in [0.29, 0.717) is 42.2 Å². The van der Waals surface area contributed by atoms with Crippen molar-refractivity contribution in [3.8, 4) is 0 Å². The quantitative estimate of drug-likeness (QED) is 0.620. The van der Waals surface area contributed by atoms with Gasteiger partial charge >= 0.3 is 6.03 Å². The molecule has 32 heavy (non-hydrogen) atoms. The number of rotatable bonds is 3. The van der Waals surface area contributed by atoms with Crippen LogP contribution in [-0.2, 0) is 11.3 Å². The standard InChI is InChI=1S/C24H21ClN4O3/c25-18-7-3-1-6-17(18)15-29-22(31)24(27-23(29)32)11-13-28(14-12-24)21(30)20-10-9-16-5-2-4-8-19(16)26-20/h1-10H,11-15H2,(H,27,32). The number of nitrogens with zero attached hydrogens (tertiary/aromatic N) is 3. The average molecular weight is 449 g/mol. The molecule has 0 radical (unpaired) electrons. The highest BCUT2D eigenvalue weighted by Gasteiger charge is 2.52. The molecule has 7 nitrogen and oxygen atoms in total. The van der Waals surface area contributed by atoms with Gasteiger partial charge in [-0.3, -0.25) is 14.5 Å². The summed E-state index contributed by atoms with van der Waals surface area (Å²) in [4.78, 5) is 46.2. The van der Waals surface area contributed by atoms with E-state index in [1.165, 1.54) is 4.90 Å². The van der Waals surface area contributed by atoms with Gasteiger partial charge in [-0.05, 0) is 36.6 Å². The van der Waals surface area contributed by atoms with E-state index in [4.69, 9.17) is 11.6 Å². The molecule has 3 heterocycles. The number of halogens is 1. The minimum absolute atomic E-state index is 0.121. The van der Waals surface area contributed by atoms with Crippen LogP contribution in [0.2, 0.25) is 5.02 Å². The maximum absolute atomic E-state index is 13.2. The fourth-order valence-electron chi connectivity index (χ4n) is 4.39. The van der Waals surface area contributed by atoms with Gasteiger partial charge in [-0.15, -0.1) is 0 Å². The summed E-state index contributed by atoms with van der Waals surface area (Å²) in [7, 11) is 0. The molecule has 0 atom stereocenters. The molecule has 2 aromatic carbocycles. The van der Waals surface area contributed by atoms with Crippen molar-refractivity contribution in [1.29, 1.82) is 0 Å². The van der Waals surface area contributed by atoms with Crippen LogP contribution in [0.25, 0.3) is 10.9 Å². The predicted molar refractivity (Wildman–Crippen MR) is 120 cm³/mol. The van der Waals surface area contributed by atoms with Crippen LogP contribution in [0.15, 0.2) is 60.7 Å². The van der Waals surface area contributed by atoms with Gasteiger partial charge in [0.1, 0.15) is 11.2 Å². The van der Waals surface area contributed by atoms with Crippen molar-refractivity contribution in [2.24, 2.45) is 0 Å². The minimum Gasteiger partial charge on any atom is -0.337 e. The first-order valence-corrected chi connectivity index (χ1v) is 10.9. The van der Waals surface area contributed by atoms with Gasteiger partial charge in [0.2, 0.25) is 0 Å². The fraction of sp³-hybridized carbons (Fsp3) is 0.250. The summed E-state index contributed by atoms with van der Waals surface area (Å²) in [5.74, 6) is -0.436. The highest BCUT2D eigenvalue weighted by molar-refractivity contribution is 6.31. The lowest BCUT2D eigenvalue weighted by Gasteiger charge is -2.37. The molecule has 0 aliphatic carbocycles. The smallest absolute Gasteiger partial charge is 0.325 e. The number of para-hydroxylation sites is 1. The van der Waals surface area contributed by atoms with Crippen molar-refractivity contribution in [3.05, 3.63) is 76.9 Å². The minimum atomic E-state index is -0.980. The normalized spacial score (nSPS) is 17.8. The lowest BCUT2D eigenvalue weighted by Crippen LogP contribution is -2.55. The second-order valence-electron chi connectivity index (χ2n) is 8.18. The SMILES string of the molecule is O=C(c1ccc2ccccc2n1)N1CCC2(CC1)NC(=O)N(Cc1ccccc1Cl)C2=O. The van der Waals surface area contributed by atoms with Crippen molar-refractivity contribution in [1.82, 2.24) is 20.1 Å². The number of hydrogen-bond donors (Lipinski definition) is 1. The number of amides is 4. The Hall–Kier alpha value is -3.45. The average Bonchev–Trinajstić information content (AvgIpc) is 3.04. The summed E-state index contributed by atoms with van der Waals surface area (Å²) in [5.41, 5.74) is 0.873. The molecule has 4 amide bonds. The Morgan fingerprint density at radius 3 is 2.50 bits per heavy atom. The van der Waals surface area contributed by atoms with Crippen molar-refractivity contribution >= 4 is 40.3 Å². The van der Waals surface area contributed by atoms with Crippen LogP contribution in [0.5, 0.6) is 0 Å². The summed E-state index contributed by atoms with van der Waals surface area (Å²) < 4.78 is 0. The number of imide groups is 1. The molecule has 2 saturated heterocycles. The Balaban J connectivity index is 1.29. The lowest BCUT2D eigenvalue weighted by atomic mass is 9.87. The summed E-state index contributed by atoms with van der Waals surface area (Å²) in [5, 5.41) is 4.36. The monoisotopic (exact) mass is 448 g/mol. The van der Waals surface area contributed by atoms with Crippen LogP contribution in [0.4, 0.5) is 4.79 Å². The van der Waals surface area contributed by atoms with Crippen molar-refractivity contribution in [2.45, 2.75) is 24.9 Å². The first-order valence-electron chi connectivity index (χ1n) is 10.5. The van der Waals surface area contributed by atoms with E-state index in [2.05, 4.69) is 10.3 Å². The van der Waals surface area contributed by atoms with Gasteiger partial charge in [-0.1, -0.05) is 54.1 Å². The van der Waals surface area contributed by atoms with Gasteiger partial charge in [0.25, 0.3) is 11.8 Å². The molecule has 1 N–H and O–H groups in total. The maximum Gasteiger partial charge on any atom is 0.325 e. The van der Waals surface area contributed by atoms with Crippen LogP contribution in [0.3, 0.4) is 0 Å². The van der Waals surface area contributed by atoms with E-state index in [9.17, 15) is 14.4 Å². The zero-order valence-electron chi connectivity index (χ0n) is 17.3. The molecule has 2 fully saturated rings. The Morgan fingerprint density at radius 2 is 1.72 bits per heavy atom. The van der Waals surface area contributed by atoms with E-state index < -0.39 is 11.6 Å². The van der Waals surface area contributed by atoms with Gasteiger partial charge < -0.3 is 10.2 Å². The Kier molecular flexibility index (Phi) is 5.06. The van der Waals surface area contributed by atoms with E-state index in [0.717, 1.165) is 10.9 Å². The van der Waals surface area contributed by atoms with Gasteiger partial charge in [0.15, 0.2) is 0 Å². The number of urea groups is 1. The van der Waals surface area contributed by atoms with Crippen LogP contribution in [0, 0.1) is 0 Å². The lowest BCUT2D eigenvalue weighted by molar-refractivity contribution is -0.133. The van der Waals surface area contributed by atoms with Gasteiger partial charge in [0.05, 0.1) is 12.1 Å². The Morgan fingerprint density at radius 1 is 1.00 bits per heavy atom. The highest BCUT2D eigenvalue weighted by Crippen LogP contribution is 2.31. The van der Waals surface area contributed by atoms with Crippen molar-refractivity contribution in [3.63, 3.8) is 0 Å². The summed E-state index contributed by atoms with van der Waals surface area (Å²) in [6.45, 7) is 0.842. The molecular formula is C24H21ClN4O3. The number of hydrogen-bond acceptors (Lipinski definition) is 4. The number of likely N-dealkylation sites (tertiary alicyclic amines) is 1. The number of fused-ring (bicyclic) bond motifs is 1. The molecule has 2 aliphatic rings. The summed E-state index contributed by atoms with van der Waals surface area (Å²) in [6, 6.07) is 18.0. The van der Waals surface area contributed by atoms with Crippen LogP contribution >= 0.6 is 11.6 Å². The largest absolute Gasteiger partial charge is 0.337 e. The van der Waals surface area contributed by atoms with E-state index in [1.807, 2.05) is 36.4 Å². The number of carbonyl (C=O) groups excluding carboxylic acids is 3. The number of carbonyl (C=O) groups is 3. The predicted octanol–water partition coefficient (Wildman–Crippen LogP) is 3.62. The molecular weight excluding hydrogens is 428 g/mol. The number of nitrogens with one attached hydrogen (secondary N) is 1. The second kappa shape index (κ2) is 7.91. The first kappa shape index (κ1) is 20.5. The number of aromatic nitrogens is 1. The molecule has 1 spiro atoms. The molecule has 2 aliphatic heterocycles. The van der Waals surface area contributed by atoms with E-state index in [1.54, 1.807) is 29.2 Å². The zero-order valence-corrected chi connectivity index (χ0v) is 18.0. The zero-order chi connectivity index (χ0) is 22.3. The van der Waals surface area contributed by atoms with Crippen molar-refractivity contribution < 1.29 is 14.4 Å². The Labute approximate surface area is 190 Å². The summed E-state index contributed by atoms with van der Waals surface area (Å²) >= 11 is 6.20. The number of piperidine rings is 1. The maximum atomic E-state index is 13.2. The van der Waals surface area contributed by atoms with Crippen LogP contribution in [-0.4, -0.2) is 51.3 Å². The van der Waals surface area contributed by atoms with E-state index >= 15 is 0 Å². The molecule has 8 heteroatoms. The Bertz CT molecular complexity index is 1240. The molecule has 0 unspecified atom stereocenters. The van der Waals surface area contributed by atoms with Gasteiger partial charge in [-0.2, -0.15) is 0 Å². The van der Waals surface area contributed by atoms with Crippen LogP contribution < -0.4 is 5.32 Å². The molecule has 1 aromatic heterocycles. The highest BCUT2D eigenvalue weighted by atomic mass is 35.5. The fourth-order valence-corrected chi connectivity index (χ4v) is 4.59. The van der Waals surface area contributed by atoms with E-state index in [-0.39, 0.29) is 18.4 Å². The summed E-state index contributed by atoms with van der Waals surface area (Å²) in [6.07, 6.45) is 0.714. The van der Waals surface area contributed by atoms with Gasteiger partial charge in [-0.25, -0.2) is 9.78 Å². The molecule has 5 rings (SSSR count). The van der Waals surface area contributed by atoms with Gasteiger partial charge in [0, 0.05) is 23.5 Å². The molecule has 0 bridgehead atoms. The van der Waals surface area contributed by atoms with Crippen LogP contribution in [0.1, 0.15) is 28.9 Å². The molecule has 162 valence electrons. The molecule has 0 saturated carbocycles. The number of pyridine rings is 1. The topological polar surface area (TPSA) is 82.6 Å². The second-order valence-corrected chi connectivity index (χ2v) is 8.58. The molecule has 3 aromatic rings. The first-order chi connectivity index (χ1) is 15.5. The third-order valence-corrected chi connectivity index (χ3v) is 6.62.